The number of benzene rings is 1. The standard InChI is InChI=1S/C20H20N4O4/c1-23-12-21-16-10-13(6-7-15(16)19(23)26)18(25)22-14-4-2-8-24(11-14)20(27)17-5-3-9-28-17/h3,5-7,9-10,12,14H,2,4,8,11H2,1H3,(H,22,25). The van der Waals surface area contributed by atoms with E-state index in [0.717, 1.165) is 12.8 Å². The fraction of sp³-hybridized carbons (Fsp3) is 0.300. The summed E-state index contributed by atoms with van der Waals surface area (Å²) in [6, 6.07) is 8.02. The average molecular weight is 380 g/mol. The first-order chi connectivity index (χ1) is 13.5. The highest BCUT2D eigenvalue weighted by Crippen LogP contribution is 2.16. The maximum atomic E-state index is 12.7. The van der Waals surface area contributed by atoms with Crippen molar-refractivity contribution in [2.45, 2.75) is 18.9 Å². The Morgan fingerprint density at radius 3 is 2.93 bits per heavy atom. The molecule has 0 saturated carbocycles. The zero-order valence-electron chi connectivity index (χ0n) is 15.4. The van der Waals surface area contributed by atoms with Gasteiger partial charge in [-0.15, -0.1) is 0 Å². The van der Waals surface area contributed by atoms with Crippen molar-refractivity contribution in [1.82, 2.24) is 19.8 Å². The lowest BCUT2D eigenvalue weighted by atomic mass is 10.0. The van der Waals surface area contributed by atoms with Crippen LogP contribution in [0.2, 0.25) is 0 Å². The van der Waals surface area contributed by atoms with Crippen LogP contribution in [0.3, 0.4) is 0 Å². The Balaban J connectivity index is 1.47. The first-order valence-electron chi connectivity index (χ1n) is 9.12. The van der Waals surface area contributed by atoms with Crippen molar-refractivity contribution in [1.29, 1.82) is 0 Å². The Morgan fingerprint density at radius 2 is 2.14 bits per heavy atom. The van der Waals surface area contributed by atoms with Crippen LogP contribution in [-0.4, -0.2) is 45.4 Å². The van der Waals surface area contributed by atoms with Crippen LogP contribution in [0.1, 0.15) is 33.8 Å². The molecule has 1 aliphatic rings. The van der Waals surface area contributed by atoms with Crippen molar-refractivity contribution >= 4 is 22.7 Å². The summed E-state index contributed by atoms with van der Waals surface area (Å²) in [5.41, 5.74) is 0.757. The number of carbonyl (C=O) groups excluding carboxylic acids is 2. The van der Waals surface area contributed by atoms with Crippen molar-refractivity contribution in [2.75, 3.05) is 13.1 Å². The second kappa shape index (κ2) is 7.30. The van der Waals surface area contributed by atoms with E-state index in [0.29, 0.717) is 35.3 Å². The highest BCUT2D eigenvalue weighted by atomic mass is 16.3. The number of aromatic nitrogens is 2. The Hall–Kier alpha value is -3.42. The van der Waals surface area contributed by atoms with Crippen LogP contribution >= 0.6 is 0 Å². The van der Waals surface area contributed by atoms with Crippen molar-refractivity contribution in [2.24, 2.45) is 7.05 Å². The second-order valence-electron chi connectivity index (χ2n) is 6.93. The minimum absolute atomic E-state index is 0.146. The van der Waals surface area contributed by atoms with E-state index in [1.54, 1.807) is 42.3 Å². The zero-order chi connectivity index (χ0) is 19.7. The minimum Gasteiger partial charge on any atom is -0.459 e. The Labute approximate surface area is 160 Å². The van der Waals surface area contributed by atoms with Gasteiger partial charge >= 0.3 is 0 Å². The third-order valence-corrected chi connectivity index (χ3v) is 4.96. The smallest absolute Gasteiger partial charge is 0.289 e. The molecule has 1 saturated heterocycles. The van der Waals surface area contributed by atoms with Crippen LogP contribution in [0, 0.1) is 0 Å². The summed E-state index contributed by atoms with van der Waals surface area (Å²) in [7, 11) is 1.63. The summed E-state index contributed by atoms with van der Waals surface area (Å²) in [5, 5.41) is 3.45. The molecule has 1 fully saturated rings. The minimum atomic E-state index is -0.248. The summed E-state index contributed by atoms with van der Waals surface area (Å²) in [6.07, 6.45) is 4.50. The van der Waals surface area contributed by atoms with E-state index in [-0.39, 0.29) is 23.4 Å². The molecule has 0 spiro atoms. The molecule has 1 aromatic carbocycles. The van der Waals surface area contributed by atoms with Crippen LogP contribution in [-0.2, 0) is 7.05 Å². The average Bonchev–Trinajstić information content (AvgIpc) is 3.25. The van der Waals surface area contributed by atoms with E-state index in [1.165, 1.54) is 17.2 Å². The van der Waals surface area contributed by atoms with Crippen LogP contribution in [0.4, 0.5) is 0 Å². The molecule has 8 heteroatoms. The lowest BCUT2D eigenvalue weighted by Gasteiger charge is -2.32. The molecule has 3 heterocycles. The highest BCUT2D eigenvalue weighted by molar-refractivity contribution is 5.98. The number of nitrogens with zero attached hydrogens (tertiary/aromatic N) is 3. The summed E-state index contributed by atoms with van der Waals surface area (Å²) >= 11 is 0. The van der Waals surface area contributed by atoms with Crippen molar-refractivity contribution < 1.29 is 14.0 Å². The third kappa shape index (κ3) is 3.40. The van der Waals surface area contributed by atoms with Gasteiger partial charge < -0.3 is 19.2 Å². The molecule has 1 aliphatic heterocycles. The Bertz CT molecular complexity index is 1090. The lowest BCUT2D eigenvalue weighted by Crippen LogP contribution is -2.49. The van der Waals surface area contributed by atoms with Gasteiger partial charge in [-0.3, -0.25) is 14.4 Å². The number of fused-ring (bicyclic) bond motifs is 1. The SMILES string of the molecule is Cn1cnc2cc(C(=O)NC3CCCN(C(=O)c4ccco4)C3)ccc2c1=O. The summed E-state index contributed by atoms with van der Waals surface area (Å²) in [5.74, 6) is -0.120. The molecule has 1 N–H and O–H groups in total. The second-order valence-corrected chi connectivity index (χ2v) is 6.93. The zero-order valence-corrected chi connectivity index (χ0v) is 15.4. The van der Waals surface area contributed by atoms with E-state index < -0.39 is 0 Å². The molecule has 2 amide bonds. The highest BCUT2D eigenvalue weighted by Gasteiger charge is 2.27. The molecule has 0 aliphatic carbocycles. The van der Waals surface area contributed by atoms with Crippen LogP contribution in [0.5, 0.6) is 0 Å². The summed E-state index contributed by atoms with van der Waals surface area (Å²) in [4.78, 5) is 43.1. The van der Waals surface area contributed by atoms with Gasteiger partial charge in [0.05, 0.1) is 23.5 Å². The maximum absolute atomic E-state index is 12.7. The normalized spacial score (nSPS) is 16.9. The number of furan rings is 1. The number of hydrogen-bond acceptors (Lipinski definition) is 5. The number of amides is 2. The molecule has 0 bridgehead atoms. The van der Waals surface area contributed by atoms with Gasteiger partial charge in [0.1, 0.15) is 0 Å². The maximum Gasteiger partial charge on any atom is 0.289 e. The molecule has 3 aromatic rings. The van der Waals surface area contributed by atoms with Gasteiger partial charge in [-0.2, -0.15) is 0 Å². The monoisotopic (exact) mass is 380 g/mol. The Kier molecular flexibility index (Phi) is 4.68. The van der Waals surface area contributed by atoms with E-state index in [9.17, 15) is 14.4 Å². The number of likely N-dealkylation sites (tertiary alicyclic amines) is 1. The van der Waals surface area contributed by atoms with Crippen LogP contribution in [0.25, 0.3) is 10.9 Å². The largest absolute Gasteiger partial charge is 0.459 e. The van der Waals surface area contributed by atoms with Gasteiger partial charge in [0, 0.05) is 31.7 Å². The third-order valence-electron chi connectivity index (χ3n) is 4.96. The van der Waals surface area contributed by atoms with Crippen molar-refractivity contribution in [3.8, 4) is 0 Å². The molecular weight excluding hydrogens is 360 g/mol. The van der Waals surface area contributed by atoms with Crippen LogP contribution in [0.15, 0.2) is 52.1 Å². The number of piperidine rings is 1. The van der Waals surface area contributed by atoms with Crippen molar-refractivity contribution in [3.05, 3.63) is 64.6 Å². The molecule has 8 nitrogen and oxygen atoms in total. The predicted molar refractivity (Wildman–Crippen MR) is 102 cm³/mol. The number of hydrogen-bond donors (Lipinski definition) is 1. The molecule has 0 radical (unpaired) electrons. The summed E-state index contributed by atoms with van der Waals surface area (Å²) < 4.78 is 6.58. The fourth-order valence-electron chi connectivity index (χ4n) is 3.46. The van der Waals surface area contributed by atoms with Gasteiger partial charge in [0.15, 0.2) is 5.76 Å². The quantitative estimate of drug-likeness (QED) is 0.744. The van der Waals surface area contributed by atoms with E-state index in [2.05, 4.69) is 10.3 Å². The molecule has 1 unspecified atom stereocenters. The van der Waals surface area contributed by atoms with Gasteiger partial charge in [0.2, 0.25) is 0 Å². The molecule has 1 atom stereocenters. The van der Waals surface area contributed by atoms with Crippen LogP contribution < -0.4 is 10.9 Å². The number of rotatable bonds is 3. The van der Waals surface area contributed by atoms with E-state index in [1.807, 2.05) is 0 Å². The molecule has 28 heavy (non-hydrogen) atoms. The van der Waals surface area contributed by atoms with E-state index in [4.69, 9.17) is 4.42 Å². The van der Waals surface area contributed by atoms with Gasteiger partial charge in [-0.1, -0.05) is 0 Å². The Morgan fingerprint density at radius 1 is 1.29 bits per heavy atom. The number of nitrogens with one attached hydrogen (secondary N) is 1. The topological polar surface area (TPSA) is 97.4 Å². The first-order valence-corrected chi connectivity index (χ1v) is 9.12. The molecule has 4 rings (SSSR count). The molecule has 144 valence electrons. The number of aryl methyl sites for hydroxylation is 1. The lowest BCUT2D eigenvalue weighted by molar-refractivity contribution is 0.0647. The predicted octanol–water partition coefficient (Wildman–Crippen LogP) is 1.56. The van der Waals surface area contributed by atoms with E-state index >= 15 is 0 Å². The fourth-order valence-corrected chi connectivity index (χ4v) is 3.46. The molecule has 2 aromatic heterocycles. The number of carbonyl (C=O) groups is 2. The first kappa shape index (κ1) is 18.0. The van der Waals surface area contributed by atoms with Gasteiger partial charge in [-0.05, 0) is 43.2 Å². The van der Waals surface area contributed by atoms with Gasteiger partial charge in [-0.25, -0.2) is 4.98 Å². The molecular formula is C20H20N4O4. The van der Waals surface area contributed by atoms with Crippen molar-refractivity contribution in [3.63, 3.8) is 0 Å². The summed E-state index contributed by atoms with van der Waals surface area (Å²) in [6.45, 7) is 1.06. The van der Waals surface area contributed by atoms with Gasteiger partial charge in [0.25, 0.3) is 17.4 Å².